The third kappa shape index (κ3) is 6.72. The van der Waals surface area contributed by atoms with Crippen molar-refractivity contribution in [3.8, 4) is 0 Å². The van der Waals surface area contributed by atoms with Crippen molar-refractivity contribution in [1.82, 2.24) is 0 Å². The highest BCUT2D eigenvalue weighted by atomic mass is 15.1. The van der Waals surface area contributed by atoms with E-state index in [4.69, 9.17) is 0 Å². The molecule has 2 atom stereocenters. The molecule has 0 aliphatic carbocycles. The van der Waals surface area contributed by atoms with Crippen molar-refractivity contribution in [2.24, 2.45) is 0 Å². The Balaban J connectivity index is 1.66. The molecule has 1 nitrogen and oxygen atoms in total. The zero-order valence-corrected chi connectivity index (χ0v) is 24.0. The zero-order chi connectivity index (χ0) is 27.2. The Morgan fingerprint density at radius 2 is 0.816 bits per heavy atom. The molecule has 0 fully saturated rings. The van der Waals surface area contributed by atoms with Gasteiger partial charge in [0.15, 0.2) is 0 Å². The van der Waals surface area contributed by atoms with Gasteiger partial charge in [0.25, 0.3) is 0 Å². The molecule has 194 valence electrons. The number of allylic oxidation sites excluding steroid dienone is 2. The van der Waals surface area contributed by atoms with E-state index in [2.05, 4.69) is 163 Å². The van der Waals surface area contributed by atoms with Crippen LogP contribution in [-0.2, 0) is 0 Å². The Bertz CT molecular complexity index is 1380. The summed E-state index contributed by atoms with van der Waals surface area (Å²) < 4.78 is 0. The average Bonchev–Trinajstić information content (AvgIpc) is 2.90. The Hall–Kier alpha value is -3.84. The van der Waals surface area contributed by atoms with Gasteiger partial charge in [0, 0.05) is 31.6 Å². The van der Waals surface area contributed by atoms with Gasteiger partial charge in [-0.2, -0.15) is 0 Å². The number of hydrogen-bond acceptors (Lipinski definition) is 1. The highest BCUT2D eigenvalue weighted by Gasteiger charge is 2.18. The van der Waals surface area contributed by atoms with Crippen LogP contribution in [0.1, 0.15) is 85.4 Å². The van der Waals surface area contributed by atoms with Crippen molar-refractivity contribution in [2.45, 2.75) is 46.5 Å². The van der Waals surface area contributed by atoms with Gasteiger partial charge in [-0.15, -0.1) is 0 Å². The first-order chi connectivity index (χ1) is 18.2. The third-order valence-electron chi connectivity index (χ3n) is 7.13. The topological polar surface area (TPSA) is 3.24 Å². The van der Waals surface area contributed by atoms with Crippen molar-refractivity contribution in [3.63, 3.8) is 0 Å². The predicted octanol–water partition coefficient (Wildman–Crippen LogP) is 9.93. The van der Waals surface area contributed by atoms with E-state index in [1.54, 1.807) is 0 Å². The molecule has 1 heteroatoms. The van der Waals surface area contributed by atoms with Crippen molar-refractivity contribution in [2.75, 3.05) is 19.0 Å². The van der Waals surface area contributed by atoms with E-state index < -0.39 is 0 Å². The summed E-state index contributed by atoms with van der Waals surface area (Å²) in [4.78, 5) is 2.15. The normalized spacial score (nSPS) is 12.4. The molecular weight excluding hydrogens is 458 g/mol. The SMILES string of the molecule is CC(C)=Cc1ccc(C(C)c2ccc(C(c3ccc(C=C(C)C)cc3)c3ccc(N(C)C)cc3)cc2)cc1. The minimum atomic E-state index is 0.180. The van der Waals surface area contributed by atoms with Crippen LogP contribution in [0, 0.1) is 0 Å². The smallest absolute Gasteiger partial charge is 0.0361 e. The summed E-state index contributed by atoms with van der Waals surface area (Å²) in [7, 11) is 4.17. The van der Waals surface area contributed by atoms with Gasteiger partial charge in [0.1, 0.15) is 0 Å². The molecule has 2 unspecified atom stereocenters. The molecule has 4 aromatic carbocycles. The van der Waals surface area contributed by atoms with Crippen LogP contribution in [0.5, 0.6) is 0 Å². The maximum Gasteiger partial charge on any atom is 0.0361 e. The summed E-state index contributed by atoms with van der Waals surface area (Å²) in [6, 6.07) is 36.2. The van der Waals surface area contributed by atoms with Gasteiger partial charge in [-0.05, 0) is 78.8 Å². The van der Waals surface area contributed by atoms with E-state index in [1.807, 2.05) is 0 Å². The summed E-state index contributed by atoms with van der Waals surface area (Å²) in [5.74, 6) is 0.519. The Labute approximate surface area is 230 Å². The maximum atomic E-state index is 2.32. The Kier molecular flexibility index (Phi) is 8.69. The van der Waals surface area contributed by atoms with Crippen LogP contribution < -0.4 is 4.90 Å². The minimum absolute atomic E-state index is 0.180. The molecule has 4 aromatic rings. The van der Waals surface area contributed by atoms with Crippen LogP contribution in [0.15, 0.2) is 108 Å². The molecule has 0 aromatic heterocycles. The second kappa shape index (κ2) is 12.1. The summed E-state index contributed by atoms with van der Waals surface area (Å²) >= 11 is 0. The molecule has 38 heavy (non-hydrogen) atoms. The van der Waals surface area contributed by atoms with Gasteiger partial charge in [0.05, 0.1) is 0 Å². The lowest BCUT2D eigenvalue weighted by Gasteiger charge is -2.22. The fraction of sp³-hybridized carbons (Fsp3) is 0.243. The van der Waals surface area contributed by atoms with Crippen LogP contribution >= 0.6 is 0 Å². The van der Waals surface area contributed by atoms with Gasteiger partial charge in [-0.3, -0.25) is 0 Å². The number of nitrogens with zero attached hydrogens (tertiary/aromatic N) is 1. The van der Waals surface area contributed by atoms with E-state index in [9.17, 15) is 0 Å². The molecule has 0 aliphatic rings. The first kappa shape index (κ1) is 27.2. The lowest BCUT2D eigenvalue weighted by atomic mass is 9.83. The van der Waals surface area contributed by atoms with Gasteiger partial charge in [-0.25, -0.2) is 0 Å². The molecular formula is C37H41N. The average molecular weight is 500 g/mol. The lowest BCUT2D eigenvalue weighted by Crippen LogP contribution is -2.09. The van der Waals surface area contributed by atoms with Gasteiger partial charge < -0.3 is 4.90 Å². The van der Waals surface area contributed by atoms with Gasteiger partial charge in [-0.1, -0.05) is 115 Å². The first-order valence-corrected chi connectivity index (χ1v) is 13.6. The summed E-state index contributed by atoms with van der Waals surface area (Å²) in [5, 5.41) is 0. The molecule has 0 aliphatic heterocycles. The fourth-order valence-electron chi connectivity index (χ4n) is 5.04. The fourth-order valence-corrected chi connectivity index (χ4v) is 5.04. The van der Waals surface area contributed by atoms with E-state index in [0.717, 1.165) is 0 Å². The maximum absolute atomic E-state index is 2.32. The van der Waals surface area contributed by atoms with Crippen LogP contribution in [0.25, 0.3) is 12.2 Å². The summed E-state index contributed by atoms with van der Waals surface area (Å²) in [5.41, 5.74) is 13.0. The monoisotopic (exact) mass is 499 g/mol. The molecule has 0 saturated carbocycles. The molecule has 0 saturated heterocycles. The standard InChI is InChI=1S/C37H41N/c1-26(2)24-29-8-12-31(13-9-29)28(5)32-16-18-34(19-17-32)37(35-20-22-36(23-21-35)38(6)7)33-14-10-30(11-15-33)25-27(3)4/h8-25,28,37H,1-7H3. The van der Waals surface area contributed by atoms with Gasteiger partial charge in [0.2, 0.25) is 0 Å². The third-order valence-corrected chi connectivity index (χ3v) is 7.13. The second-order valence-corrected chi connectivity index (χ2v) is 11.1. The van der Waals surface area contributed by atoms with Crippen LogP contribution in [-0.4, -0.2) is 14.1 Å². The largest absolute Gasteiger partial charge is 0.378 e. The minimum Gasteiger partial charge on any atom is -0.378 e. The summed E-state index contributed by atoms with van der Waals surface area (Å²) in [6.07, 6.45) is 4.45. The first-order valence-electron chi connectivity index (χ1n) is 13.6. The van der Waals surface area contributed by atoms with E-state index in [-0.39, 0.29) is 5.92 Å². The number of rotatable bonds is 8. The zero-order valence-electron chi connectivity index (χ0n) is 24.0. The van der Waals surface area contributed by atoms with E-state index in [0.29, 0.717) is 5.92 Å². The quantitative estimate of drug-likeness (QED) is 0.218. The van der Waals surface area contributed by atoms with E-state index in [1.165, 1.54) is 55.8 Å². The highest BCUT2D eigenvalue weighted by molar-refractivity contribution is 5.56. The van der Waals surface area contributed by atoms with Crippen molar-refractivity contribution in [3.05, 3.63) is 147 Å². The van der Waals surface area contributed by atoms with E-state index >= 15 is 0 Å². The molecule has 0 heterocycles. The van der Waals surface area contributed by atoms with Crippen molar-refractivity contribution < 1.29 is 0 Å². The number of benzene rings is 4. The predicted molar refractivity (Wildman–Crippen MR) is 167 cm³/mol. The molecule has 0 N–H and O–H groups in total. The molecule has 0 radical (unpaired) electrons. The van der Waals surface area contributed by atoms with Crippen LogP contribution in [0.2, 0.25) is 0 Å². The Morgan fingerprint density at radius 3 is 1.18 bits per heavy atom. The lowest BCUT2D eigenvalue weighted by molar-refractivity contribution is 0.913. The molecule has 0 spiro atoms. The van der Waals surface area contributed by atoms with Crippen molar-refractivity contribution in [1.29, 1.82) is 0 Å². The number of anilines is 1. The molecule has 4 rings (SSSR count). The number of hydrogen-bond donors (Lipinski definition) is 0. The van der Waals surface area contributed by atoms with Crippen LogP contribution in [0.4, 0.5) is 5.69 Å². The highest BCUT2D eigenvalue weighted by Crippen LogP contribution is 2.35. The second-order valence-electron chi connectivity index (χ2n) is 11.1. The van der Waals surface area contributed by atoms with Crippen LogP contribution in [0.3, 0.4) is 0 Å². The summed E-state index contributed by atoms with van der Waals surface area (Å²) in [6.45, 7) is 10.9. The molecule has 0 amide bonds. The van der Waals surface area contributed by atoms with Crippen molar-refractivity contribution >= 4 is 17.8 Å². The molecule has 0 bridgehead atoms. The Morgan fingerprint density at radius 1 is 0.500 bits per heavy atom. The van der Waals surface area contributed by atoms with Gasteiger partial charge >= 0.3 is 0 Å².